The highest BCUT2D eigenvalue weighted by molar-refractivity contribution is 8.03. The number of fused-ring (bicyclic) bond motifs is 1. The lowest BCUT2D eigenvalue weighted by atomic mass is 10.3. The Kier molecular flexibility index (Phi) is 5.39. The standard InChI is InChI=1S/C20H20N2OS/c1-3-23-17-13-11-16(12-14-17)21-15-7-6-10-20-22(2)18-8-4-5-9-19(18)24-20/h4-15H,3H2,1-2H3/b7-6+,20-10-,21-15?. The number of allylic oxidation sites excluding steroid dienone is 3. The van der Waals surface area contributed by atoms with Crippen molar-refractivity contribution in [2.75, 3.05) is 18.6 Å². The summed E-state index contributed by atoms with van der Waals surface area (Å²) >= 11 is 1.78. The van der Waals surface area contributed by atoms with Gasteiger partial charge in [-0.1, -0.05) is 30.0 Å². The highest BCUT2D eigenvalue weighted by Crippen LogP contribution is 2.44. The monoisotopic (exact) mass is 336 g/mol. The molecule has 24 heavy (non-hydrogen) atoms. The molecule has 3 nitrogen and oxygen atoms in total. The average molecular weight is 336 g/mol. The lowest BCUT2D eigenvalue weighted by Crippen LogP contribution is -2.08. The Balaban J connectivity index is 1.59. The fourth-order valence-corrected chi connectivity index (χ4v) is 3.44. The Hall–Kier alpha value is -2.46. The van der Waals surface area contributed by atoms with Gasteiger partial charge in [0.1, 0.15) is 5.75 Å². The van der Waals surface area contributed by atoms with Crippen molar-refractivity contribution < 1.29 is 4.74 Å². The molecule has 4 heteroatoms. The van der Waals surface area contributed by atoms with Crippen LogP contribution < -0.4 is 9.64 Å². The molecule has 0 unspecified atom stereocenters. The molecular formula is C20H20N2OS. The molecule has 0 fully saturated rings. The number of nitrogens with zero attached hydrogens (tertiary/aromatic N) is 2. The van der Waals surface area contributed by atoms with Crippen molar-refractivity contribution in [1.82, 2.24) is 0 Å². The van der Waals surface area contributed by atoms with Crippen LogP contribution in [0.3, 0.4) is 0 Å². The van der Waals surface area contributed by atoms with Crippen LogP contribution in [-0.4, -0.2) is 19.9 Å². The first-order valence-corrected chi connectivity index (χ1v) is 8.74. The first kappa shape index (κ1) is 16.4. The van der Waals surface area contributed by atoms with Gasteiger partial charge in [0.15, 0.2) is 0 Å². The summed E-state index contributed by atoms with van der Waals surface area (Å²) in [6, 6.07) is 16.2. The lowest BCUT2D eigenvalue weighted by molar-refractivity contribution is 0.340. The second-order valence-electron chi connectivity index (χ2n) is 5.22. The van der Waals surface area contributed by atoms with Gasteiger partial charge in [-0.3, -0.25) is 4.99 Å². The molecule has 0 aromatic heterocycles. The summed E-state index contributed by atoms with van der Waals surface area (Å²) in [5.41, 5.74) is 2.17. The third-order valence-corrected chi connectivity index (χ3v) is 4.76. The largest absolute Gasteiger partial charge is 0.494 e. The van der Waals surface area contributed by atoms with E-state index in [1.54, 1.807) is 18.0 Å². The zero-order valence-electron chi connectivity index (χ0n) is 13.8. The van der Waals surface area contributed by atoms with E-state index in [0.717, 1.165) is 11.4 Å². The molecule has 1 aliphatic heterocycles. The van der Waals surface area contributed by atoms with E-state index in [2.05, 4.69) is 47.3 Å². The van der Waals surface area contributed by atoms with Crippen molar-refractivity contribution in [2.45, 2.75) is 11.8 Å². The van der Waals surface area contributed by atoms with Gasteiger partial charge in [0.25, 0.3) is 0 Å². The van der Waals surface area contributed by atoms with Gasteiger partial charge in [-0.05, 0) is 55.5 Å². The van der Waals surface area contributed by atoms with E-state index < -0.39 is 0 Å². The molecular weight excluding hydrogens is 316 g/mol. The number of anilines is 1. The number of ether oxygens (including phenoxy) is 1. The molecule has 0 amide bonds. The van der Waals surface area contributed by atoms with Crippen molar-refractivity contribution in [1.29, 1.82) is 0 Å². The Labute approximate surface area is 147 Å². The molecule has 2 aromatic rings. The summed E-state index contributed by atoms with van der Waals surface area (Å²) < 4.78 is 5.42. The molecule has 0 saturated carbocycles. The van der Waals surface area contributed by atoms with Crippen molar-refractivity contribution >= 4 is 29.4 Å². The summed E-state index contributed by atoms with van der Waals surface area (Å²) in [6.45, 7) is 2.65. The number of aliphatic imine (C=N–C) groups is 1. The Bertz CT molecular complexity index is 778. The molecule has 0 radical (unpaired) electrons. The average Bonchev–Trinajstić information content (AvgIpc) is 2.93. The van der Waals surface area contributed by atoms with Gasteiger partial charge < -0.3 is 9.64 Å². The summed E-state index contributed by atoms with van der Waals surface area (Å²) in [4.78, 5) is 7.91. The third-order valence-electron chi connectivity index (χ3n) is 3.58. The van der Waals surface area contributed by atoms with Gasteiger partial charge >= 0.3 is 0 Å². The van der Waals surface area contributed by atoms with Gasteiger partial charge in [0, 0.05) is 18.2 Å². The molecule has 1 heterocycles. The Morgan fingerprint density at radius 2 is 1.88 bits per heavy atom. The van der Waals surface area contributed by atoms with E-state index in [-0.39, 0.29) is 0 Å². The third kappa shape index (κ3) is 3.89. The zero-order valence-corrected chi connectivity index (χ0v) is 14.7. The molecule has 1 aliphatic rings. The second-order valence-corrected chi connectivity index (χ2v) is 6.29. The van der Waals surface area contributed by atoms with Crippen LogP contribution in [0.5, 0.6) is 5.75 Å². The number of hydrogen-bond donors (Lipinski definition) is 0. The van der Waals surface area contributed by atoms with Gasteiger partial charge in [-0.2, -0.15) is 0 Å². The Morgan fingerprint density at radius 3 is 2.62 bits per heavy atom. The van der Waals surface area contributed by atoms with E-state index in [0.29, 0.717) is 6.61 Å². The Morgan fingerprint density at radius 1 is 1.08 bits per heavy atom. The maximum Gasteiger partial charge on any atom is 0.119 e. The van der Waals surface area contributed by atoms with Crippen molar-refractivity contribution in [3.05, 3.63) is 71.8 Å². The lowest BCUT2D eigenvalue weighted by Gasteiger charge is -2.12. The molecule has 0 aliphatic carbocycles. The van der Waals surface area contributed by atoms with Gasteiger partial charge in [-0.25, -0.2) is 0 Å². The second kappa shape index (κ2) is 7.88. The summed E-state index contributed by atoms with van der Waals surface area (Å²) in [5, 5.41) is 1.21. The van der Waals surface area contributed by atoms with Crippen LogP contribution in [0.4, 0.5) is 11.4 Å². The van der Waals surface area contributed by atoms with Crippen LogP contribution in [0.25, 0.3) is 0 Å². The van der Waals surface area contributed by atoms with Crippen LogP contribution in [0.15, 0.2) is 81.7 Å². The number of hydrogen-bond acceptors (Lipinski definition) is 4. The van der Waals surface area contributed by atoms with Crippen molar-refractivity contribution in [3.63, 3.8) is 0 Å². The maximum absolute atomic E-state index is 5.42. The van der Waals surface area contributed by atoms with Gasteiger partial charge in [-0.15, -0.1) is 0 Å². The highest BCUT2D eigenvalue weighted by Gasteiger charge is 2.20. The van der Waals surface area contributed by atoms with Crippen LogP contribution in [0.1, 0.15) is 6.92 Å². The number of para-hydroxylation sites is 1. The number of thioether (sulfide) groups is 1. The highest BCUT2D eigenvalue weighted by atomic mass is 32.2. The SMILES string of the molecule is CCOc1ccc(N=C/C=C/C=C2\Sc3ccccc3N2C)cc1. The summed E-state index contributed by atoms with van der Waals surface area (Å²) in [7, 11) is 2.09. The maximum atomic E-state index is 5.42. The molecule has 122 valence electrons. The fraction of sp³-hybridized carbons (Fsp3) is 0.150. The molecule has 0 saturated heterocycles. The predicted octanol–water partition coefficient (Wildman–Crippen LogP) is 5.43. The van der Waals surface area contributed by atoms with Crippen LogP contribution in [0.2, 0.25) is 0 Å². The molecule has 3 rings (SSSR count). The normalized spacial score (nSPS) is 15.6. The van der Waals surface area contributed by atoms with Crippen LogP contribution in [-0.2, 0) is 0 Å². The van der Waals surface area contributed by atoms with Crippen molar-refractivity contribution in [2.24, 2.45) is 4.99 Å². The fourth-order valence-electron chi connectivity index (χ4n) is 2.38. The van der Waals surface area contributed by atoms with Crippen LogP contribution in [0, 0.1) is 0 Å². The van der Waals surface area contributed by atoms with E-state index >= 15 is 0 Å². The van der Waals surface area contributed by atoms with E-state index in [4.69, 9.17) is 4.74 Å². The molecule has 0 atom stereocenters. The minimum absolute atomic E-state index is 0.677. The molecule has 0 bridgehead atoms. The van der Waals surface area contributed by atoms with E-state index in [1.165, 1.54) is 15.6 Å². The van der Waals surface area contributed by atoms with Gasteiger partial charge in [0.05, 0.1) is 23.0 Å². The van der Waals surface area contributed by atoms with E-state index in [9.17, 15) is 0 Å². The first-order chi connectivity index (χ1) is 11.8. The number of benzene rings is 2. The molecule has 0 spiro atoms. The number of rotatable bonds is 5. The molecule has 0 N–H and O–H groups in total. The predicted molar refractivity (Wildman–Crippen MR) is 104 cm³/mol. The van der Waals surface area contributed by atoms with E-state index in [1.807, 2.05) is 43.3 Å². The van der Waals surface area contributed by atoms with Crippen LogP contribution >= 0.6 is 11.8 Å². The minimum atomic E-state index is 0.677. The van der Waals surface area contributed by atoms with Crippen molar-refractivity contribution in [3.8, 4) is 5.75 Å². The summed E-state index contributed by atoms with van der Waals surface area (Å²) in [5.74, 6) is 0.873. The summed E-state index contributed by atoms with van der Waals surface area (Å²) in [6.07, 6.45) is 7.87. The minimum Gasteiger partial charge on any atom is -0.494 e. The first-order valence-electron chi connectivity index (χ1n) is 7.92. The quantitative estimate of drug-likeness (QED) is 0.681. The zero-order chi connectivity index (χ0) is 16.8. The van der Waals surface area contributed by atoms with Gasteiger partial charge in [0.2, 0.25) is 0 Å². The molecule has 2 aromatic carbocycles. The topological polar surface area (TPSA) is 24.8 Å². The smallest absolute Gasteiger partial charge is 0.119 e.